The molecule has 0 amide bonds. The van der Waals surface area contributed by atoms with E-state index < -0.39 is 17.2 Å². The molecule has 0 N–H and O–H groups in total. The summed E-state index contributed by atoms with van der Waals surface area (Å²) < 4.78 is 26.4. The van der Waals surface area contributed by atoms with Gasteiger partial charge in [0.15, 0.2) is 6.29 Å². The van der Waals surface area contributed by atoms with Crippen LogP contribution < -0.4 is 0 Å². The number of nitrogens with zero attached hydrogens (tertiary/aromatic N) is 1. The van der Waals surface area contributed by atoms with Gasteiger partial charge in [0.25, 0.3) is 0 Å². The summed E-state index contributed by atoms with van der Waals surface area (Å²) in [5.41, 5.74) is -0.381. The number of hydrogen-bond donors (Lipinski definition) is 0. The van der Waals surface area contributed by atoms with Crippen LogP contribution in [0.4, 0.5) is 8.78 Å². The summed E-state index contributed by atoms with van der Waals surface area (Å²) in [6, 6.07) is 3.16. The summed E-state index contributed by atoms with van der Waals surface area (Å²) in [7, 11) is 0. The van der Waals surface area contributed by atoms with Crippen molar-refractivity contribution in [1.82, 2.24) is 0 Å². The number of allylic oxidation sites excluding steroid dienone is 1. The van der Waals surface area contributed by atoms with E-state index in [0.717, 1.165) is 6.07 Å². The number of benzene rings is 1. The number of carbonyl (C=O) groups excluding carboxylic acids is 1. The lowest BCUT2D eigenvalue weighted by Gasteiger charge is -2.18. The molecule has 0 saturated carbocycles. The fourth-order valence-corrected chi connectivity index (χ4v) is 2.40. The van der Waals surface area contributed by atoms with Crippen molar-refractivity contribution < 1.29 is 18.4 Å². The molecule has 1 aliphatic carbocycles. The quantitative estimate of drug-likeness (QED) is 0.595. The molecule has 3 rings (SSSR count). The second-order valence-electron chi connectivity index (χ2n) is 4.39. The van der Waals surface area contributed by atoms with Crippen LogP contribution in [0, 0.1) is 17.6 Å². The highest BCUT2D eigenvalue weighted by Gasteiger charge is 2.49. The van der Waals surface area contributed by atoms with E-state index >= 15 is 0 Å². The molecule has 5 heteroatoms. The average molecular weight is 249 g/mol. The number of oxime groups is 1. The number of rotatable bonds is 2. The molecule has 0 fully saturated rings. The molecule has 0 spiro atoms. The van der Waals surface area contributed by atoms with E-state index in [-0.39, 0.29) is 5.92 Å². The molecule has 1 aromatic carbocycles. The lowest BCUT2D eigenvalue weighted by Crippen LogP contribution is -2.35. The van der Waals surface area contributed by atoms with Crippen molar-refractivity contribution in [2.45, 2.75) is 12.0 Å². The minimum Gasteiger partial charge on any atom is -0.376 e. The monoisotopic (exact) mass is 249 g/mol. The number of halogens is 2. The molecular formula is C13H9F2NO2. The van der Waals surface area contributed by atoms with Gasteiger partial charge in [0.2, 0.25) is 5.60 Å². The second-order valence-corrected chi connectivity index (χ2v) is 4.39. The van der Waals surface area contributed by atoms with E-state index in [9.17, 15) is 13.6 Å². The van der Waals surface area contributed by atoms with Crippen LogP contribution >= 0.6 is 0 Å². The van der Waals surface area contributed by atoms with Gasteiger partial charge in [-0.05, 0) is 24.6 Å². The Bertz CT molecular complexity index is 562. The molecule has 2 atom stereocenters. The minimum atomic E-state index is -1.10. The molecule has 1 aromatic rings. The van der Waals surface area contributed by atoms with E-state index in [1.54, 1.807) is 6.08 Å². The fourth-order valence-electron chi connectivity index (χ4n) is 2.40. The van der Waals surface area contributed by atoms with Crippen molar-refractivity contribution in [2.24, 2.45) is 11.1 Å². The van der Waals surface area contributed by atoms with Gasteiger partial charge in [0, 0.05) is 11.6 Å². The molecule has 1 heterocycles. The first-order valence-electron chi connectivity index (χ1n) is 5.51. The van der Waals surface area contributed by atoms with Crippen molar-refractivity contribution in [3.63, 3.8) is 0 Å². The van der Waals surface area contributed by atoms with Crippen molar-refractivity contribution in [2.75, 3.05) is 0 Å². The van der Waals surface area contributed by atoms with Gasteiger partial charge in [-0.25, -0.2) is 8.78 Å². The summed E-state index contributed by atoms with van der Waals surface area (Å²) in [4.78, 5) is 16.3. The Morgan fingerprint density at radius 1 is 1.33 bits per heavy atom. The third kappa shape index (κ3) is 1.47. The predicted octanol–water partition coefficient (Wildman–Crippen LogP) is 2.21. The molecule has 2 unspecified atom stereocenters. The van der Waals surface area contributed by atoms with E-state index in [2.05, 4.69) is 5.16 Å². The normalized spacial score (nSPS) is 28.8. The Kier molecular flexibility index (Phi) is 2.29. The predicted molar refractivity (Wildman–Crippen MR) is 60.0 cm³/mol. The maximum atomic E-state index is 13.2. The van der Waals surface area contributed by atoms with Crippen molar-refractivity contribution in [3.8, 4) is 0 Å². The van der Waals surface area contributed by atoms with Gasteiger partial charge in [0.1, 0.15) is 11.6 Å². The molecule has 92 valence electrons. The topological polar surface area (TPSA) is 38.7 Å². The molecule has 2 aliphatic rings. The Morgan fingerprint density at radius 3 is 2.72 bits per heavy atom. The van der Waals surface area contributed by atoms with Crippen molar-refractivity contribution in [3.05, 3.63) is 47.5 Å². The molecule has 0 bridgehead atoms. The summed E-state index contributed by atoms with van der Waals surface area (Å²) in [5.74, 6) is -1.67. The highest BCUT2D eigenvalue weighted by atomic mass is 19.1. The minimum absolute atomic E-state index is 0.309. The Balaban J connectivity index is 2.02. The number of hydrogen-bond acceptors (Lipinski definition) is 3. The molecule has 0 radical (unpaired) electrons. The molecule has 0 saturated heterocycles. The van der Waals surface area contributed by atoms with Gasteiger partial charge in [-0.3, -0.25) is 4.79 Å². The number of aldehydes is 1. The highest BCUT2D eigenvalue weighted by Crippen LogP contribution is 2.39. The first-order valence-corrected chi connectivity index (χ1v) is 5.51. The van der Waals surface area contributed by atoms with Crippen molar-refractivity contribution >= 4 is 12.0 Å². The molecule has 1 aliphatic heterocycles. The smallest absolute Gasteiger partial charge is 0.219 e. The van der Waals surface area contributed by atoms with Crippen LogP contribution in [0.2, 0.25) is 0 Å². The van der Waals surface area contributed by atoms with Gasteiger partial charge in [0.05, 0.1) is 11.6 Å². The van der Waals surface area contributed by atoms with Gasteiger partial charge in [-0.2, -0.15) is 0 Å². The van der Waals surface area contributed by atoms with Gasteiger partial charge in [-0.15, -0.1) is 0 Å². The summed E-state index contributed by atoms with van der Waals surface area (Å²) in [5, 5.41) is 3.82. The Hall–Kier alpha value is -2.04. The van der Waals surface area contributed by atoms with Crippen LogP contribution in [-0.4, -0.2) is 17.6 Å². The lowest BCUT2D eigenvalue weighted by atomic mass is 9.85. The van der Waals surface area contributed by atoms with Crippen LogP contribution in [0.25, 0.3) is 0 Å². The lowest BCUT2D eigenvalue weighted by molar-refractivity contribution is -0.125. The Morgan fingerprint density at radius 2 is 2.06 bits per heavy atom. The first kappa shape index (κ1) is 11.1. The molecule has 18 heavy (non-hydrogen) atoms. The fraction of sp³-hybridized carbons (Fsp3) is 0.231. The molecule has 0 aromatic heterocycles. The van der Waals surface area contributed by atoms with Gasteiger partial charge < -0.3 is 4.84 Å². The standard InChI is InChI=1S/C13H9F2NO2/c14-9-4-8(5-10(15)6-9)12-11-2-1-3-13(11,7-17)18-16-12/h1,3-7,11H,2H2. The first-order chi connectivity index (χ1) is 8.64. The van der Waals surface area contributed by atoms with E-state index in [0.29, 0.717) is 24.0 Å². The van der Waals surface area contributed by atoms with Crippen molar-refractivity contribution in [1.29, 1.82) is 0 Å². The van der Waals surface area contributed by atoms with Crippen LogP contribution in [0.3, 0.4) is 0 Å². The zero-order valence-electron chi connectivity index (χ0n) is 9.27. The largest absolute Gasteiger partial charge is 0.376 e. The molecular weight excluding hydrogens is 240 g/mol. The van der Waals surface area contributed by atoms with E-state index in [1.807, 2.05) is 6.08 Å². The summed E-state index contributed by atoms with van der Waals surface area (Å²) in [6.45, 7) is 0. The SMILES string of the molecule is O=CC12C=CCC1C(c1cc(F)cc(F)c1)=NO2. The maximum Gasteiger partial charge on any atom is 0.219 e. The van der Waals surface area contributed by atoms with E-state index in [1.165, 1.54) is 12.1 Å². The number of fused-ring (bicyclic) bond motifs is 1. The van der Waals surface area contributed by atoms with Gasteiger partial charge >= 0.3 is 0 Å². The third-order valence-corrected chi connectivity index (χ3v) is 3.27. The van der Waals surface area contributed by atoms with Crippen LogP contribution in [0.5, 0.6) is 0 Å². The number of carbonyl (C=O) groups is 1. The molecule has 3 nitrogen and oxygen atoms in total. The van der Waals surface area contributed by atoms with Crippen LogP contribution in [-0.2, 0) is 9.63 Å². The average Bonchev–Trinajstić information content (AvgIpc) is 2.85. The highest BCUT2D eigenvalue weighted by molar-refractivity contribution is 6.06. The zero-order chi connectivity index (χ0) is 12.8. The third-order valence-electron chi connectivity index (χ3n) is 3.27. The second kappa shape index (κ2) is 3.73. The summed E-state index contributed by atoms with van der Waals surface area (Å²) >= 11 is 0. The van der Waals surface area contributed by atoms with Crippen LogP contribution in [0.15, 0.2) is 35.5 Å². The Labute approximate surface area is 102 Å². The van der Waals surface area contributed by atoms with Crippen LogP contribution in [0.1, 0.15) is 12.0 Å². The summed E-state index contributed by atoms with van der Waals surface area (Å²) in [6.07, 6.45) is 4.68. The zero-order valence-corrected chi connectivity index (χ0v) is 9.27. The van der Waals surface area contributed by atoms with Gasteiger partial charge in [-0.1, -0.05) is 11.2 Å². The maximum absolute atomic E-state index is 13.2. The van der Waals surface area contributed by atoms with E-state index in [4.69, 9.17) is 4.84 Å².